The number of nitrogens with one attached hydrogen (secondary N) is 1. The molecule has 0 amide bonds. The standard InChI is InChI=1S/C6H12N2O2S/c1-4-10-6(9)5(11-3)8-7-2/h7H,4H2,1-3H3. The van der Waals surface area contributed by atoms with Gasteiger partial charge in [-0.3, -0.25) is 0 Å². The van der Waals surface area contributed by atoms with Gasteiger partial charge in [0.2, 0.25) is 5.04 Å². The van der Waals surface area contributed by atoms with Gasteiger partial charge in [0.1, 0.15) is 0 Å². The van der Waals surface area contributed by atoms with E-state index in [1.54, 1.807) is 20.2 Å². The van der Waals surface area contributed by atoms with Crippen LogP contribution in [-0.2, 0) is 9.53 Å². The van der Waals surface area contributed by atoms with Crippen molar-refractivity contribution in [2.24, 2.45) is 5.10 Å². The molecule has 0 heterocycles. The minimum atomic E-state index is -0.380. The Kier molecular flexibility index (Phi) is 5.64. The molecule has 5 heteroatoms. The van der Waals surface area contributed by atoms with Crippen molar-refractivity contribution in [3.63, 3.8) is 0 Å². The Labute approximate surface area is 70.4 Å². The fourth-order valence-corrected chi connectivity index (χ4v) is 0.877. The normalized spacial score (nSPS) is 11.0. The van der Waals surface area contributed by atoms with Gasteiger partial charge in [-0.05, 0) is 13.2 Å². The molecule has 0 unspecified atom stereocenters. The molecule has 0 saturated heterocycles. The maximum Gasteiger partial charge on any atom is 0.365 e. The predicted molar refractivity (Wildman–Crippen MR) is 46.6 cm³/mol. The molecule has 0 aliphatic carbocycles. The fourth-order valence-electron chi connectivity index (χ4n) is 0.469. The van der Waals surface area contributed by atoms with E-state index in [0.717, 1.165) is 0 Å². The molecule has 0 aromatic heterocycles. The largest absolute Gasteiger partial charge is 0.461 e. The van der Waals surface area contributed by atoms with Gasteiger partial charge in [-0.1, -0.05) is 0 Å². The summed E-state index contributed by atoms with van der Waals surface area (Å²) in [6.07, 6.45) is 1.77. The maximum atomic E-state index is 11.0. The SMILES string of the molecule is CCOC(=O)C(=NNC)SC. The summed E-state index contributed by atoms with van der Waals surface area (Å²) in [5, 5.41) is 4.06. The Morgan fingerprint density at radius 3 is 2.73 bits per heavy atom. The molecule has 0 aliphatic heterocycles. The molecule has 0 spiro atoms. The van der Waals surface area contributed by atoms with Crippen LogP contribution in [0.3, 0.4) is 0 Å². The van der Waals surface area contributed by atoms with Crippen molar-refractivity contribution in [1.29, 1.82) is 0 Å². The Bertz CT molecular complexity index is 159. The first-order chi connectivity index (χ1) is 5.26. The summed E-state index contributed by atoms with van der Waals surface area (Å²) in [4.78, 5) is 11.0. The van der Waals surface area contributed by atoms with Crippen LogP contribution in [0.15, 0.2) is 5.10 Å². The molecule has 0 aliphatic rings. The van der Waals surface area contributed by atoms with Crippen molar-refractivity contribution < 1.29 is 9.53 Å². The zero-order chi connectivity index (χ0) is 8.69. The number of ether oxygens (including phenoxy) is 1. The lowest BCUT2D eigenvalue weighted by Crippen LogP contribution is -2.16. The molecular formula is C6H12N2O2S. The van der Waals surface area contributed by atoms with Gasteiger partial charge in [0.15, 0.2) is 0 Å². The van der Waals surface area contributed by atoms with Crippen LogP contribution < -0.4 is 5.43 Å². The van der Waals surface area contributed by atoms with Crippen molar-refractivity contribution in [3.05, 3.63) is 0 Å². The number of carbonyl (C=O) groups excluding carboxylic acids is 1. The second kappa shape index (κ2) is 6.03. The number of carbonyl (C=O) groups is 1. The fraction of sp³-hybridized carbons (Fsp3) is 0.667. The van der Waals surface area contributed by atoms with E-state index >= 15 is 0 Å². The van der Waals surface area contributed by atoms with Crippen LogP contribution in [0.25, 0.3) is 0 Å². The van der Waals surface area contributed by atoms with Crippen molar-refractivity contribution >= 4 is 22.8 Å². The lowest BCUT2D eigenvalue weighted by molar-refractivity contribution is -0.134. The topological polar surface area (TPSA) is 50.7 Å². The Balaban J connectivity index is 4.03. The lowest BCUT2D eigenvalue weighted by atomic mass is 10.7. The number of hydrogen-bond acceptors (Lipinski definition) is 5. The number of hydrogen-bond donors (Lipinski definition) is 1. The average molecular weight is 176 g/mol. The van der Waals surface area contributed by atoms with E-state index in [2.05, 4.69) is 10.5 Å². The first-order valence-electron chi connectivity index (χ1n) is 3.21. The third kappa shape index (κ3) is 3.87. The summed E-state index contributed by atoms with van der Waals surface area (Å²) >= 11 is 1.26. The van der Waals surface area contributed by atoms with Crippen molar-refractivity contribution in [1.82, 2.24) is 5.43 Å². The minimum absolute atomic E-state index is 0.342. The molecule has 0 radical (unpaired) electrons. The maximum absolute atomic E-state index is 11.0. The van der Waals surface area contributed by atoms with Gasteiger partial charge in [-0.15, -0.1) is 11.8 Å². The quantitative estimate of drug-likeness (QED) is 0.287. The predicted octanol–water partition coefficient (Wildman–Crippen LogP) is 0.445. The summed E-state index contributed by atoms with van der Waals surface area (Å²) in [7, 11) is 1.63. The summed E-state index contributed by atoms with van der Waals surface area (Å²) in [5.41, 5.74) is 2.52. The van der Waals surface area contributed by atoms with Gasteiger partial charge in [0, 0.05) is 7.05 Å². The summed E-state index contributed by atoms with van der Waals surface area (Å²) in [6, 6.07) is 0. The third-order valence-electron chi connectivity index (χ3n) is 0.857. The van der Waals surface area contributed by atoms with Crippen LogP contribution in [0.4, 0.5) is 0 Å². The summed E-state index contributed by atoms with van der Waals surface area (Å²) in [5.74, 6) is -0.380. The molecule has 4 nitrogen and oxygen atoms in total. The second-order valence-electron chi connectivity index (χ2n) is 1.57. The molecular weight excluding hydrogens is 164 g/mol. The smallest absolute Gasteiger partial charge is 0.365 e. The average Bonchev–Trinajstić information content (AvgIpc) is 2.00. The van der Waals surface area contributed by atoms with Gasteiger partial charge in [0.05, 0.1) is 6.61 Å². The van der Waals surface area contributed by atoms with Crippen molar-refractivity contribution in [2.45, 2.75) is 6.92 Å². The Hall–Kier alpha value is -0.710. The third-order valence-corrected chi connectivity index (χ3v) is 1.50. The van der Waals surface area contributed by atoms with Crippen LogP contribution in [0.5, 0.6) is 0 Å². The molecule has 0 fully saturated rings. The monoisotopic (exact) mass is 176 g/mol. The van der Waals surface area contributed by atoms with E-state index in [4.69, 9.17) is 4.74 Å². The Morgan fingerprint density at radius 2 is 2.36 bits per heavy atom. The second-order valence-corrected chi connectivity index (χ2v) is 2.36. The first kappa shape index (κ1) is 10.3. The Morgan fingerprint density at radius 1 is 1.73 bits per heavy atom. The van der Waals surface area contributed by atoms with Crippen LogP contribution in [0, 0.1) is 0 Å². The summed E-state index contributed by atoms with van der Waals surface area (Å²) in [6.45, 7) is 2.14. The van der Waals surface area contributed by atoms with E-state index in [1.807, 2.05) is 0 Å². The van der Waals surface area contributed by atoms with Crippen LogP contribution in [0.2, 0.25) is 0 Å². The molecule has 64 valence electrons. The lowest BCUT2D eigenvalue weighted by Gasteiger charge is -2.01. The zero-order valence-corrected chi connectivity index (χ0v) is 7.70. The number of esters is 1. The number of hydrazone groups is 1. The number of rotatable bonds is 2. The molecule has 0 rings (SSSR count). The van der Waals surface area contributed by atoms with Gasteiger partial charge in [0.25, 0.3) is 0 Å². The van der Waals surface area contributed by atoms with E-state index in [1.165, 1.54) is 11.8 Å². The highest BCUT2D eigenvalue weighted by Crippen LogP contribution is 1.99. The molecule has 0 atom stereocenters. The number of nitrogens with zero attached hydrogens (tertiary/aromatic N) is 1. The summed E-state index contributed by atoms with van der Waals surface area (Å²) < 4.78 is 4.72. The molecule has 11 heavy (non-hydrogen) atoms. The van der Waals surface area contributed by atoms with Gasteiger partial charge in [-0.2, -0.15) is 5.10 Å². The highest BCUT2D eigenvalue weighted by molar-refractivity contribution is 8.15. The molecule has 0 aromatic carbocycles. The van der Waals surface area contributed by atoms with E-state index in [-0.39, 0.29) is 5.97 Å². The highest BCUT2D eigenvalue weighted by Gasteiger charge is 2.09. The zero-order valence-electron chi connectivity index (χ0n) is 6.88. The molecule has 0 saturated carbocycles. The highest BCUT2D eigenvalue weighted by atomic mass is 32.2. The van der Waals surface area contributed by atoms with Crippen LogP contribution in [0.1, 0.15) is 6.92 Å². The van der Waals surface area contributed by atoms with Crippen molar-refractivity contribution in [2.75, 3.05) is 19.9 Å². The van der Waals surface area contributed by atoms with Crippen LogP contribution >= 0.6 is 11.8 Å². The van der Waals surface area contributed by atoms with E-state index in [0.29, 0.717) is 11.7 Å². The van der Waals surface area contributed by atoms with Crippen LogP contribution in [-0.4, -0.2) is 30.9 Å². The minimum Gasteiger partial charge on any atom is -0.461 e. The van der Waals surface area contributed by atoms with E-state index < -0.39 is 0 Å². The first-order valence-corrected chi connectivity index (χ1v) is 4.44. The number of thioether (sulfide) groups is 1. The molecule has 1 N–H and O–H groups in total. The van der Waals surface area contributed by atoms with Crippen molar-refractivity contribution in [3.8, 4) is 0 Å². The van der Waals surface area contributed by atoms with Gasteiger partial charge >= 0.3 is 5.97 Å². The van der Waals surface area contributed by atoms with E-state index in [9.17, 15) is 4.79 Å². The molecule has 0 bridgehead atoms. The van der Waals surface area contributed by atoms with Gasteiger partial charge in [-0.25, -0.2) is 4.79 Å². The molecule has 0 aromatic rings. The van der Waals surface area contributed by atoms with Gasteiger partial charge < -0.3 is 10.2 Å².